The van der Waals surface area contributed by atoms with Crippen molar-refractivity contribution in [3.05, 3.63) is 44.7 Å². The van der Waals surface area contributed by atoms with E-state index in [0.29, 0.717) is 15.9 Å². The van der Waals surface area contributed by atoms with E-state index >= 15 is 0 Å². The normalized spacial score (nSPS) is 10.2. The molecule has 0 atom stereocenters. The molecule has 15 heavy (non-hydrogen) atoms. The highest BCUT2D eigenvalue weighted by Crippen LogP contribution is 2.23. The molecule has 1 heterocycles. The zero-order valence-electron chi connectivity index (χ0n) is 7.97. The Kier molecular flexibility index (Phi) is 2.22. The van der Waals surface area contributed by atoms with Crippen molar-refractivity contribution in [3.63, 3.8) is 0 Å². The number of hydrogen-bond acceptors (Lipinski definition) is 2. The van der Waals surface area contributed by atoms with Gasteiger partial charge in [-0.2, -0.15) is 5.26 Å². The minimum Gasteiger partial charge on any atom is -0.321 e. The van der Waals surface area contributed by atoms with Crippen LogP contribution in [0.4, 0.5) is 0 Å². The highest BCUT2D eigenvalue weighted by atomic mass is 35.5. The van der Waals surface area contributed by atoms with Gasteiger partial charge < -0.3 is 4.98 Å². The Bertz CT molecular complexity index is 637. The summed E-state index contributed by atoms with van der Waals surface area (Å²) in [6, 6.07) is 6.92. The summed E-state index contributed by atoms with van der Waals surface area (Å²) < 4.78 is 0. The lowest BCUT2D eigenvalue weighted by Gasteiger charge is -2.03. The van der Waals surface area contributed by atoms with Crippen molar-refractivity contribution >= 4 is 22.5 Å². The molecule has 0 saturated carbocycles. The van der Waals surface area contributed by atoms with E-state index in [1.54, 1.807) is 6.07 Å². The van der Waals surface area contributed by atoms with Crippen LogP contribution in [-0.2, 0) is 0 Å². The number of H-pyrrole nitrogens is 1. The van der Waals surface area contributed by atoms with Gasteiger partial charge in [-0.25, -0.2) is 0 Å². The molecule has 0 fully saturated rings. The second-order valence-corrected chi connectivity index (χ2v) is 3.68. The zero-order chi connectivity index (χ0) is 11.0. The predicted octanol–water partition coefficient (Wildman–Crippen LogP) is 2.36. The van der Waals surface area contributed by atoms with Gasteiger partial charge in [0.1, 0.15) is 11.6 Å². The maximum Gasteiger partial charge on any atom is 0.266 e. The summed E-state index contributed by atoms with van der Waals surface area (Å²) in [7, 11) is 0. The van der Waals surface area contributed by atoms with Crippen LogP contribution in [0, 0.1) is 18.3 Å². The van der Waals surface area contributed by atoms with Crippen LogP contribution in [0.25, 0.3) is 10.9 Å². The molecule has 0 radical (unpaired) electrons. The smallest absolute Gasteiger partial charge is 0.266 e. The van der Waals surface area contributed by atoms with Crippen LogP contribution in [0.5, 0.6) is 0 Å². The number of rotatable bonds is 0. The lowest BCUT2D eigenvalue weighted by Crippen LogP contribution is -2.10. The summed E-state index contributed by atoms with van der Waals surface area (Å²) >= 11 is 5.98. The number of aromatic nitrogens is 1. The largest absolute Gasteiger partial charge is 0.321 e. The highest BCUT2D eigenvalue weighted by Gasteiger charge is 2.06. The van der Waals surface area contributed by atoms with E-state index in [1.165, 1.54) is 6.07 Å². The van der Waals surface area contributed by atoms with Crippen LogP contribution in [0.15, 0.2) is 23.0 Å². The van der Waals surface area contributed by atoms with E-state index < -0.39 is 0 Å². The van der Waals surface area contributed by atoms with Gasteiger partial charge in [0.2, 0.25) is 0 Å². The van der Waals surface area contributed by atoms with Crippen molar-refractivity contribution in [1.82, 2.24) is 4.98 Å². The molecule has 0 aliphatic rings. The Labute approximate surface area is 90.9 Å². The van der Waals surface area contributed by atoms with Crippen molar-refractivity contribution in [2.24, 2.45) is 0 Å². The van der Waals surface area contributed by atoms with Gasteiger partial charge in [-0.15, -0.1) is 0 Å². The molecule has 0 spiro atoms. The molecular weight excluding hydrogens is 212 g/mol. The van der Waals surface area contributed by atoms with Crippen LogP contribution in [0.3, 0.4) is 0 Å². The SMILES string of the molecule is Cc1ccc(Cl)c2cc(C#N)c(=O)[nH]c12. The van der Waals surface area contributed by atoms with Gasteiger partial charge in [0.15, 0.2) is 0 Å². The Morgan fingerprint density at radius 3 is 2.87 bits per heavy atom. The Morgan fingerprint density at radius 1 is 1.47 bits per heavy atom. The van der Waals surface area contributed by atoms with Crippen LogP contribution in [0.2, 0.25) is 5.02 Å². The number of nitrogens with one attached hydrogen (secondary N) is 1. The fraction of sp³-hybridized carbons (Fsp3) is 0.0909. The molecule has 0 aliphatic carbocycles. The average molecular weight is 219 g/mol. The monoisotopic (exact) mass is 218 g/mol. The van der Waals surface area contributed by atoms with Crippen molar-refractivity contribution in [1.29, 1.82) is 5.26 Å². The molecule has 74 valence electrons. The van der Waals surface area contributed by atoms with E-state index in [0.717, 1.165) is 5.56 Å². The fourth-order valence-corrected chi connectivity index (χ4v) is 1.70. The van der Waals surface area contributed by atoms with E-state index in [2.05, 4.69) is 4.98 Å². The number of aryl methyl sites for hydroxylation is 1. The topological polar surface area (TPSA) is 56.6 Å². The first-order valence-electron chi connectivity index (χ1n) is 4.35. The lowest BCUT2D eigenvalue weighted by atomic mass is 10.1. The van der Waals surface area contributed by atoms with Crippen LogP contribution in [0.1, 0.15) is 11.1 Å². The molecule has 0 unspecified atom stereocenters. The first kappa shape index (κ1) is 9.75. The molecule has 0 amide bonds. The first-order valence-corrected chi connectivity index (χ1v) is 4.73. The quantitative estimate of drug-likeness (QED) is 0.738. The van der Waals surface area contributed by atoms with Crippen LogP contribution < -0.4 is 5.56 Å². The van der Waals surface area contributed by atoms with Crippen molar-refractivity contribution < 1.29 is 0 Å². The number of nitriles is 1. The Morgan fingerprint density at radius 2 is 2.20 bits per heavy atom. The van der Waals surface area contributed by atoms with Gasteiger partial charge in [-0.1, -0.05) is 17.7 Å². The minimum absolute atomic E-state index is 0.0787. The van der Waals surface area contributed by atoms with Gasteiger partial charge in [0.05, 0.1) is 5.52 Å². The van der Waals surface area contributed by atoms with E-state index in [4.69, 9.17) is 16.9 Å². The molecule has 1 aromatic carbocycles. The maximum absolute atomic E-state index is 11.4. The highest BCUT2D eigenvalue weighted by molar-refractivity contribution is 6.35. The third kappa shape index (κ3) is 1.49. The Hall–Kier alpha value is -1.79. The molecule has 3 nitrogen and oxygen atoms in total. The molecule has 2 rings (SSSR count). The number of nitrogens with zero attached hydrogens (tertiary/aromatic N) is 1. The van der Waals surface area contributed by atoms with Gasteiger partial charge in [-0.05, 0) is 24.6 Å². The second kappa shape index (κ2) is 3.41. The summed E-state index contributed by atoms with van der Waals surface area (Å²) in [5.74, 6) is 0. The number of halogens is 1. The summed E-state index contributed by atoms with van der Waals surface area (Å²) in [6.07, 6.45) is 0. The summed E-state index contributed by atoms with van der Waals surface area (Å²) in [5, 5.41) is 9.96. The van der Waals surface area contributed by atoms with E-state index in [-0.39, 0.29) is 11.1 Å². The van der Waals surface area contributed by atoms with Gasteiger partial charge in [0, 0.05) is 10.4 Å². The van der Waals surface area contributed by atoms with Crippen LogP contribution >= 0.6 is 11.6 Å². The van der Waals surface area contributed by atoms with Crippen molar-refractivity contribution in [3.8, 4) is 6.07 Å². The van der Waals surface area contributed by atoms with Gasteiger partial charge >= 0.3 is 0 Å². The fourth-order valence-electron chi connectivity index (χ4n) is 1.48. The van der Waals surface area contributed by atoms with Gasteiger partial charge in [-0.3, -0.25) is 4.79 Å². The number of benzene rings is 1. The molecule has 2 aromatic rings. The standard InChI is InChI=1S/C11H7ClN2O/c1-6-2-3-9(12)8-4-7(5-13)11(15)14-10(6)8/h2-4H,1H3,(H,14,15). The summed E-state index contributed by atoms with van der Waals surface area (Å²) in [5.41, 5.74) is 1.31. The van der Waals surface area contributed by atoms with E-state index in [1.807, 2.05) is 19.1 Å². The molecule has 0 saturated heterocycles. The van der Waals surface area contributed by atoms with Crippen molar-refractivity contribution in [2.75, 3.05) is 0 Å². The second-order valence-electron chi connectivity index (χ2n) is 3.28. The molecular formula is C11H7ClN2O. The number of pyridine rings is 1. The predicted molar refractivity (Wildman–Crippen MR) is 59.0 cm³/mol. The third-order valence-corrected chi connectivity index (χ3v) is 2.62. The minimum atomic E-state index is -0.379. The third-order valence-electron chi connectivity index (χ3n) is 2.29. The molecule has 1 aromatic heterocycles. The Balaban J connectivity index is 3.01. The van der Waals surface area contributed by atoms with E-state index in [9.17, 15) is 4.79 Å². The molecule has 0 bridgehead atoms. The average Bonchev–Trinajstić information content (AvgIpc) is 2.23. The molecule has 4 heteroatoms. The van der Waals surface area contributed by atoms with Crippen molar-refractivity contribution in [2.45, 2.75) is 6.92 Å². The number of fused-ring (bicyclic) bond motifs is 1. The number of aromatic amines is 1. The zero-order valence-corrected chi connectivity index (χ0v) is 8.72. The molecule has 1 N–H and O–H groups in total. The molecule has 0 aliphatic heterocycles. The van der Waals surface area contributed by atoms with Gasteiger partial charge in [0.25, 0.3) is 5.56 Å². The first-order chi connectivity index (χ1) is 7.13. The maximum atomic E-state index is 11.4. The summed E-state index contributed by atoms with van der Waals surface area (Å²) in [6.45, 7) is 1.88. The summed E-state index contributed by atoms with van der Waals surface area (Å²) in [4.78, 5) is 14.1. The lowest BCUT2D eigenvalue weighted by molar-refractivity contribution is 1.26. The van der Waals surface area contributed by atoms with Crippen LogP contribution in [-0.4, -0.2) is 4.98 Å². The number of hydrogen-bond donors (Lipinski definition) is 1.